The van der Waals surface area contributed by atoms with Crippen molar-refractivity contribution < 1.29 is 0 Å². The molecule has 2 rings (SSSR count). The van der Waals surface area contributed by atoms with E-state index in [4.69, 9.17) is 11.6 Å². The number of thioether (sulfide) groups is 2. The van der Waals surface area contributed by atoms with Crippen molar-refractivity contribution in [3.8, 4) is 0 Å². The van der Waals surface area contributed by atoms with Crippen LogP contribution < -0.4 is 5.32 Å². The van der Waals surface area contributed by atoms with Crippen molar-refractivity contribution in [1.29, 1.82) is 0 Å². The molecular weight excluding hydrogens is 298 g/mol. The molecule has 0 bridgehead atoms. The summed E-state index contributed by atoms with van der Waals surface area (Å²) in [4.78, 5) is 0. The maximum Gasteiger partial charge on any atom is 0.130 e. The molecule has 0 spiro atoms. The molecule has 1 aromatic heterocycles. The van der Waals surface area contributed by atoms with Crippen molar-refractivity contribution in [3.63, 3.8) is 0 Å². The van der Waals surface area contributed by atoms with Crippen molar-refractivity contribution >= 4 is 35.1 Å². The van der Waals surface area contributed by atoms with Crippen molar-refractivity contribution in [1.82, 2.24) is 15.1 Å². The summed E-state index contributed by atoms with van der Waals surface area (Å²) < 4.78 is 1.78. The van der Waals surface area contributed by atoms with Gasteiger partial charge in [0, 0.05) is 41.2 Å². The minimum absolute atomic E-state index is 0.489. The largest absolute Gasteiger partial charge is 0.313 e. The van der Waals surface area contributed by atoms with Gasteiger partial charge in [0.25, 0.3) is 0 Å². The zero-order valence-electron chi connectivity index (χ0n) is 11.8. The highest BCUT2D eigenvalue weighted by atomic mass is 35.5. The number of likely N-dealkylation sites (N-methyl/N-ethyl adjacent to an activating group) is 1. The van der Waals surface area contributed by atoms with Gasteiger partial charge < -0.3 is 5.32 Å². The molecule has 1 saturated heterocycles. The zero-order chi connectivity index (χ0) is 13.8. The first kappa shape index (κ1) is 15.5. The van der Waals surface area contributed by atoms with Crippen molar-refractivity contribution in [2.75, 3.05) is 23.8 Å². The minimum Gasteiger partial charge on any atom is -0.313 e. The molecule has 1 aliphatic heterocycles. The van der Waals surface area contributed by atoms with E-state index in [9.17, 15) is 0 Å². The molecule has 0 radical (unpaired) electrons. The summed E-state index contributed by atoms with van der Waals surface area (Å²) in [5.41, 5.74) is 2.26. The van der Waals surface area contributed by atoms with Gasteiger partial charge in [-0.2, -0.15) is 28.6 Å². The first-order chi connectivity index (χ1) is 9.13. The summed E-state index contributed by atoms with van der Waals surface area (Å²) in [5, 5.41) is 9.51. The van der Waals surface area contributed by atoms with E-state index in [1.165, 1.54) is 22.8 Å². The number of nitrogens with zero attached hydrogens (tertiary/aromatic N) is 2. The summed E-state index contributed by atoms with van der Waals surface area (Å²) in [5.74, 6) is 3.78. The number of aryl methyl sites for hydroxylation is 2. The van der Waals surface area contributed by atoms with Gasteiger partial charge in [0.2, 0.25) is 0 Å². The van der Waals surface area contributed by atoms with E-state index in [0.717, 1.165) is 23.8 Å². The standard InChI is InChI=1S/C13H22ClN3S2/c1-4-15-11(12-8-18-5-6-19-12)7-10-9(2)16-17(3)13(10)14/h11-12,15H,4-8H2,1-3H3. The van der Waals surface area contributed by atoms with Crippen LogP contribution in [-0.4, -0.2) is 44.9 Å². The van der Waals surface area contributed by atoms with E-state index in [1.807, 2.05) is 14.0 Å². The average molecular weight is 320 g/mol. The molecule has 1 aromatic rings. The van der Waals surface area contributed by atoms with E-state index in [0.29, 0.717) is 11.3 Å². The molecule has 0 aromatic carbocycles. The Bertz CT molecular complexity index is 416. The van der Waals surface area contributed by atoms with E-state index in [2.05, 4.69) is 40.9 Å². The maximum absolute atomic E-state index is 6.36. The van der Waals surface area contributed by atoms with Crippen LogP contribution in [0.2, 0.25) is 5.15 Å². The number of aromatic nitrogens is 2. The van der Waals surface area contributed by atoms with Crippen LogP contribution in [0.4, 0.5) is 0 Å². The predicted molar refractivity (Wildman–Crippen MR) is 87.7 cm³/mol. The van der Waals surface area contributed by atoms with Crippen molar-refractivity contribution in [3.05, 3.63) is 16.4 Å². The Morgan fingerprint density at radius 3 is 2.84 bits per heavy atom. The Labute approximate surface area is 129 Å². The van der Waals surface area contributed by atoms with E-state index >= 15 is 0 Å². The molecule has 3 nitrogen and oxygen atoms in total. The average Bonchev–Trinajstić information content (AvgIpc) is 2.65. The van der Waals surface area contributed by atoms with Gasteiger partial charge in [0.1, 0.15) is 5.15 Å². The van der Waals surface area contributed by atoms with Gasteiger partial charge in [0.05, 0.1) is 5.69 Å². The fourth-order valence-corrected chi connectivity index (χ4v) is 5.60. The predicted octanol–water partition coefficient (Wildman–Crippen LogP) is 2.75. The van der Waals surface area contributed by atoms with Crippen LogP contribution in [0.1, 0.15) is 18.2 Å². The highest BCUT2D eigenvalue weighted by Crippen LogP contribution is 2.29. The third kappa shape index (κ3) is 3.84. The molecule has 1 N–H and O–H groups in total. The summed E-state index contributed by atoms with van der Waals surface area (Å²) in [6.07, 6.45) is 0.977. The second-order valence-corrected chi connectivity index (χ2v) is 7.69. The fourth-order valence-electron chi connectivity index (χ4n) is 2.46. The van der Waals surface area contributed by atoms with Gasteiger partial charge in [-0.25, -0.2) is 0 Å². The number of rotatable bonds is 5. The maximum atomic E-state index is 6.36. The van der Waals surface area contributed by atoms with Crippen LogP contribution in [-0.2, 0) is 13.5 Å². The lowest BCUT2D eigenvalue weighted by Crippen LogP contribution is -2.42. The monoisotopic (exact) mass is 319 g/mol. The van der Waals surface area contributed by atoms with Gasteiger partial charge in [-0.05, 0) is 19.9 Å². The van der Waals surface area contributed by atoms with Crippen molar-refractivity contribution in [2.24, 2.45) is 7.05 Å². The lowest BCUT2D eigenvalue weighted by molar-refractivity contribution is 0.521. The Kier molecular flexibility index (Phi) is 5.93. The van der Waals surface area contributed by atoms with Gasteiger partial charge >= 0.3 is 0 Å². The normalized spacial score (nSPS) is 21.6. The zero-order valence-corrected chi connectivity index (χ0v) is 14.2. The Morgan fingerprint density at radius 1 is 1.53 bits per heavy atom. The van der Waals surface area contributed by atoms with E-state index < -0.39 is 0 Å². The van der Waals surface area contributed by atoms with Crippen LogP contribution in [0.15, 0.2) is 0 Å². The Balaban J connectivity index is 2.11. The molecule has 0 amide bonds. The quantitative estimate of drug-likeness (QED) is 0.904. The third-order valence-corrected chi connectivity index (χ3v) is 6.84. The van der Waals surface area contributed by atoms with E-state index in [-0.39, 0.29) is 0 Å². The van der Waals surface area contributed by atoms with Crippen molar-refractivity contribution in [2.45, 2.75) is 31.6 Å². The van der Waals surface area contributed by atoms with Gasteiger partial charge in [-0.1, -0.05) is 18.5 Å². The van der Waals surface area contributed by atoms with E-state index in [1.54, 1.807) is 4.68 Å². The number of hydrogen-bond acceptors (Lipinski definition) is 4. The molecule has 2 heterocycles. The second-order valence-electron chi connectivity index (χ2n) is 4.83. The molecule has 108 valence electrons. The van der Waals surface area contributed by atoms with Crippen LogP contribution in [0, 0.1) is 6.92 Å². The van der Waals surface area contributed by atoms with Crippen LogP contribution in [0.25, 0.3) is 0 Å². The summed E-state index contributed by atoms with van der Waals surface area (Å²) in [6.45, 7) is 5.22. The van der Waals surface area contributed by atoms with Gasteiger partial charge in [-0.3, -0.25) is 4.68 Å². The van der Waals surface area contributed by atoms with Gasteiger partial charge in [-0.15, -0.1) is 0 Å². The number of halogens is 1. The third-order valence-electron chi connectivity index (χ3n) is 3.45. The first-order valence-corrected chi connectivity index (χ1v) is 9.32. The smallest absolute Gasteiger partial charge is 0.130 e. The fraction of sp³-hybridized carbons (Fsp3) is 0.769. The van der Waals surface area contributed by atoms with Crippen LogP contribution in [0.3, 0.4) is 0 Å². The molecule has 2 unspecified atom stereocenters. The highest BCUT2D eigenvalue weighted by molar-refractivity contribution is 8.06. The Morgan fingerprint density at radius 2 is 2.32 bits per heavy atom. The molecule has 6 heteroatoms. The van der Waals surface area contributed by atoms with Gasteiger partial charge in [0.15, 0.2) is 0 Å². The summed E-state index contributed by atoms with van der Waals surface area (Å²) in [6, 6.07) is 0.489. The first-order valence-electron chi connectivity index (χ1n) is 6.74. The highest BCUT2D eigenvalue weighted by Gasteiger charge is 2.26. The number of hydrogen-bond donors (Lipinski definition) is 1. The molecule has 1 aliphatic rings. The Hall–Kier alpha value is 0.160. The molecule has 19 heavy (non-hydrogen) atoms. The molecule has 0 aliphatic carbocycles. The minimum atomic E-state index is 0.489. The van der Waals surface area contributed by atoms with Crippen LogP contribution in [0.5, 0.6) is 0 Å². The summed E-state index contributed by atoms with van der Waals surface area (Å²) in [7, 11) is 1.91. The molecule has 2 atom stereocenters. The SMILES string of the molecule is CCNC(Cc1c(C)nn(C)c1Cl)C1CSCCS1. The summed E-state index contributed by atoms with van der Waals surface area (Å²) >= 11 is 10.5. The molecule has 1 fully saturated rings. The lowest BCUT2D eigenvalue weighted by Gasteiger charge is -2.30. The lowest BCUT2D eigenvalue weighted by atomic mass is 10.0. The molecule has 0 saturated carbocycles. The topological polar surface area (TPSA) is 29.9 Å². The number of nitrogens with one attached hydrogen (secondary N) is 1. The van der Waals surface area contributed by atoms with Crippen LogP contribution >= 0.6 is 35.1 Å². The second kappa shape index (κ2) is 7.25. The molecular formula is C13H22ClN3S2.